The number of fused-ring (bicyclic) bond motifs is 1. The Morgan fingerprint density at radius 2 is 2.00 bits per heavy atom. The summed E-state index contributed by atoms with van der Waals surface area (Å²) in [7, 11) is 0. The monoisotopic (exact) mass is 408 g/mol. The molecule has 1 aromatic carbocycles. The molecule has 0 bridgehead atoms. The fraction of sp³-hybridized carbons (Fsp3) is 0.238. The number of pyridine rings is 1. The third-order valence-electron chi connectivity index (χ3n) is 5.39. The largest absolute Gasteiger partial charge is 0.322 e. The molecule has 152 valence electrons. The van der Waals surface area contributed by atoms with Crippen molar-refractivity contribution >= 4 is 17.1 Å². The highest BCUT2D eigenvalue weighted by Crippen LogP contribution is 2.47. The van der Waals surface area contributed by atoms with E-state index < -0.39 is 5.92 Å². The molecule has 0 aliphatic heterocycles. The van der Waals surface area contributed by atoms with E-state index in [0.717, 1.165) is 5.56 Å². The Bertz CT molecular complexity index is 1250. The van der Waals surface area contributed by atoms with Crippen LogP contribution < -0.4 is 5.32 Å². The molecule has 0 spiro atoms. The average molecular weight is 408 g/mol. The van der Waals surface area contributed by atoms with Crippen LogP contribution in [0.3, 0.4) is 0 Å². The molecule has 4 aromatic rings. The van der Waals surface area contributed by atoms with Gasteiger partial charge in [0.25, 0.3) is 5.91 Å². The lowest BCUT2D eigenvalue weighted by molar-refractivity contribution is -0.0876. The molecule has 0 saturated heterocycles. The van der Waals surface area contributed by atoms with Gasteiger partial charge in [-0.2, -0.15) is 20.1 Å². The van der Waals surface area contributed by atoms with E-state index in [-0.39, 0.29) is 24.7 Å². The normalized spacial score (nSPS) is 15.8. The van der Waals surface area contributed by atoms with E-state index in [0.29, 0.717) is 28.1 Å². The number of carbonyl (C=O) groups is 1. The molecule has 1 aliphatic carbocycles. The summed E-state index contributed by atoms with van der Waals surface area (Å²) in [6.07, 6.45) is 4.44. The van der Waals surface area contributed by atoms with Crippen LogP contribution in [0.2, 0.25) is 0 Å². The van der Waals surface area contributed by atoms with Crippen molar-refractivity contribution in [2.24, 2.45) is 0 Å². The standard InChI is InChI=1S/C21H18F2N6O/c1-13-5-6-15(29-25-12-18(27-29)14-9-21(22,23)10-14)8-17(13)26-20(30)16-11-24-28-7-3-2-4-19(16)28/h2-8,11-12,14H,9-10H2,1H3,(H,26,30). The minimum Gasteiger partial charge on any atom is -0.322 e. The molecule has 30 heavy (non-hydrogen) atoms. The van der Waals surface area contributed by atoms with E-state index in [1.165, 1.54) is 17.2 Å². The molecular weight excluding hydrogens is 390 g/mol. The summed E-state index contributed by atoms with van der Waals surface area (Å²) < 4.78 is 27.9. The molecule has 9 heteroatoms. The second-order valence-electron chi connectivity index (χ2n) is 7.56. The number of anilines is 1. The topological polar surface area (TPSA) is 77.1 Å². The third-order valence-corrected chi connectivity index (χ3v) is 5.39. The first kappa shape index (κ1) is 18.4. The maximum atomic E-state index is 13.1. The first-order valence-electron chi connectivity index (χ1n) is 9.54. The number of rotatable bonds is 4. The van der Waals surface area contributed by atoms with Crippen LogP contribution >= 0.6 is 0 Å². The summed E-state index contributed by atoms with van der Waals surface area (Å²) in [5.74, 6) is -3.15. The van der Waals surface area contributed by atoms with Gasteiger partial charge in [-0.25, -0.2) is 13.3 Å². The molecular formula is C21H18F2N6O. The van der Waals surface area contributed by atoms with Crippen molar-refractivity contribution in [3.8, 4) is 5.69 Å². The highest BCUT2D eigenvalue weighted by Gasteiger charge is 2.47. The zero-order valence-electron chi connectivity index (χ0n) is 16.1. The molecule has 5 rings (SSSR count). The number of benzene rings is 1. The fourth-order valence-corrected chi connectivity index (χ4v) is 3.62. The number of aromatic nitrogens is 5. The van der Waals surface area contributed by atoms with E-state index >= 15 is 0 Å². The number of aryl methyl sites for hydroxylation is 1. The molecule has 0 atom stereocenters. The molecule has 1 N–H and O–H groups in total. The Balaban J connectivity index is 1.39. The van der Waals surface area contributed by atoms with Crippen molar-refractivity contribution < 1.29 is 13.6 Å². The molecule has 7 nitrogen and oxygen atoms in total. The van der Waals surface area contributed by atoms with Crippen molar-refractivity contribution in [2.75, 3.05) is 5.32 Å². The van der Waals surface area contributed by atoms with Crippen molar-refractivity contribution in [3.05, 3.63) is 71.8 Å². The van der Waals surface area contributed by atoms with Gasteiger partial charge in [0.2, 0.25) is 5.92 Å². The number of amides is 1. The highest BCUT2D eigenvalue weighted by atomic mass is 19.3. The number of nitrogens with one attached hydrogen (secondary N) is 1. The Labute approximate surface area is 170 Å². The lowest BCUT2D eigenvalue weighted by atomic mass is 9.79. The minimum absolute atomic E-state index is 0.194. The predicted octanol–water partition coefficient (Wildman–Crippen LogP) is 3.99. The van der Waals surface area contributed by atoms with Gasteiger partial charge in [0.15, 0.2) is 0 Å². The van der Waals surface area contributed by atoms with E-state index in [2.05, 4.69) is 20.6 Å². The van der Waals surface area contributed by atoms with Crippen LogP contribution in [0, 0.1) is 6.92 Å². The van der Waals surface area contributed by atoms with Gasteiger partial charge in [-0.3, -0.25) is 4.79 Å². The Kier molecular flexibility index (Phi) is 4.12. The van der Waals surface area contributed by atoms with Gasteiger partial charge in [-0.05, 0) is 36.8 Å². The number of hydrogen-bond donors (Lipinski definition) is 1. The highest BCUT2D eigenvalue weighted by molar-refractivity contribution is 6.09. The number of halogens is 2. The molecule has 0 unspecified atom stereocenters. The fourth-order valence-electron chi connectivity index (χ4n) is 3.62. The van der Waals surface area contributed by atoms with Crippen molar-refractivity contribution in [2.45, 2.75) is 31.6 Å². The van der Waals surface area contributed by atoms with Crippen LogP contribution in [-0.2, 0) is 0 Å². The van der Waals surface area contributed by atoms with E-state index in [9.17, 15) is 13.6 Å². The summed E-state index contributed by atoms with van der Waals surface area (Å²) in [4.78, 5) is 14.2. The minimum atomic E-state index is -2.60. The van der Waals surface area contributed by atoms with Crippen molar-refractivity contribution in [1.82, 2.24) is 24.6 Å². The molecule has 3 aromatic heterocycles. The quantitative estimate of drug-likeness (QED) is 0.554. The van der Waals surface area contributed by atoms with Crippen LogP contribution in [-0.4, -0.2) is 36.4 Å². The van der Waals surface area contributed by atoms with Crippen LogP contribution in [0.5, 0.6) is 0 Å². The summed E-state index contributed by atoms with van der Waals surface area (Å²) in [6.45, 7) is 1.88. The lowest BCUT2D eigenvalue weighted by Crippen LogP contribution is -2.33. The smallest absolute Gasteiger partial charge is 0.259 e. The van der Waals surface area contributed by atoms with E-state index in [4.69, 9.17) is 0 Å². The average Bonchev–Trinajstić information content (AvgIpc) is 3.35. The van der Waals surface area contributed by atoms with Crippen LogP contribution in [0.1, 0.15) is 40.4 Å². The number of carbonyl (C=O) groups excluding carboxylic acids is 1. The van der Waals surface area contributed by atoms with Gasteiger partial charge >= 0.3 is 0 Å². The number of hydrogen-bond acceptors (Lipinski definition) is 4. The maximum Gasteiger partial charge on any atom is 0.259 e. The van der Waals surface area contributed by atoms with E-state index in [1.807, 2.05) is 37.3 Å². The summed E-state index contributed by atoms with van der Waals surface area (Å²) in [6, 6.07) is 10.9. The first-order valence-corrected chi connectivity index (χ1v) is 9.54. The zero-order valence-corrected chi connectivity index (χ0v) is 16.1. The molecule has 3 heterocycles. The van der Waals surface area contributed by atoms with Crippen molar-refractivity contribution in [3.63, 3.8) is 0 Å². The molecule has 1 amide bonds. The molecule has 1 saturated carbocycles. The lowest BCUT2D eigenvalue weighted by Gasteiger charge is -2.33. The van der Waals surface area contributed by atoms with Gasteiger partial charge in [-0.15, -0.1) is 0 Å². The van der Waals surface area contributed by atoms with Gasteiger partial charge in [0.1, 0.15) is 0 Å². The second kappa shape index (κ2) is 6.72. The first-order chi connectivity index (χ1) is 14.4. The molecule has 0 radical (unpaired) electrons. The zero-order chi connectivity index (χ0) is 20.9. The third kappa shape index (κ3) is 3.22. The predicted molar refractivity (Wildman–Crippen MR) is 106 cm³/mol. The Morgan fingerprint density at radius 1 is 1.17 bits per heavy atom. The van der Waals surface area contributed by atoms with Crippen LogP contribution in [0.4, 0.5) is 14.5 Å². The van der Waals surface area contributed by atoms with Gasteiger partial charge in [0, 0.05) is 30.6 Å². The number of nitrogens with zero attached hydrogens (tertiary/aromatic N) is 5. The van der Waals surface area contributed by atoms with E-state index in [1.54, 1.807) is 16.8 Å². The van der Waals surface area contributed by atoms with Crippen LogP contribution in [0.15, 0.2) is 55.0 Å². The number of alkyl halides is 2. The SMILES string of the molecule is Cc1ccc(-n2ncc(C3CC(F)(F)C3)n2)cc1NC(=O)c1cnn2ccccc12. The molecule has 1 aliphatic rings. The van der Waals surface area contributed by atoms with Gasteiger partial charge < -0.3 is 5.32 Å². The van der Waals surface area contributed by atoms with Crippen molar-refractivity contribution in [1.29, 1.82) is 0 Å². The van der Waals surface area contributed by atoms with Gasteiger partial charge in [-0.1, -0.05) is 12.1 Å². The maximum absolute atomic E-state index is 13.1. The summed E-state index contributed by atoms with van der Waals surface area (Å²) >= 11 is 0. The summed E-state index contributed by atoms with van der Waals surface area (Å²) in [5, 5.41) is 15.7. The van der Waals surface area contributed by atoms with Crippen LogP contribution in [0.25, 0.3) is 11.2 Å². The summed E-state index contributed by atoms with van der Waals surface area (Å²) in [5.41, 5.74) is 3.84. The Hall–Kier alpha value is -3.62. The second-order valence-corrected chi connectivity index (χ2v) is 7.56. The molecule has 1 fully saturated rings. The Morgan fingerprint density at radius 3 is 2.80 bits per heavy atom. The van der Waals surface area contributed by atoms with Gasteiger partial charge in [0.05, 0.1) is 34.9 Å².